The number of aryl methyl sites for hydroxylation is 1. The molecule has 0 aliphatic heterocycles. The number of methoxy groups -OCH3 is 1. The Bertz CT molecular complexity index is 624. The van der Waals surface area contributed by atoms with Crippen molar-refractivity contribution in [2.45, 2.75) is 33.4 Å². The molecule has 0 amide bonds. The van der Waals surface area contributed by atoms with Gasteiger partial charge in [-0.15, -0.1) is 0 Å². The molecule has 2 aromatic rings. The van der Waals surface area contributed by atoms with Crippen LogP contribution in [0.1, 0.15) is 35.3 Å². The highest BCUT2D eigenvalue weighted by molar-refractivity contribution is 5.41. The Morgan fingerprint density at radius 2 is 1.95 bits per heavy atom. The lowest BCUT2D eigenvalue weighted by Crippen LogP contribution is -2.09. The molecule has 0 aliphatic carbocycles. The zero-order valence-electron chi connectivity index (χ0n) is 13.0. The lowest BCUT2D eigenvalue weighted by Gasteiger charge is -2.16. The maximum absolute atomic E-state index is 5.96. The van der Waals surface area contributed by atoms with E-state index in [0.29, 0.717) is 6.61 Å². The third kappa shape index (κ3) is 3.34. The molecule has 0 saturated heterocycles. The second-order valence-electron chi connectivity index (χ2n) is 5.16. The van der Waals surface area contributed by atoms with E-state index in [1.807, 2.05) is 51.2 Å². The van der Waals surface area contributed by atoms with Crippen molar-refractivity contribution in [1.29, 1.82) is 0 Å². The molecule has 0 aliphatic rings. The van der Waals surface area contributed by atoms with Crippen molar-refractivity contribution in [2.24, 2.45) is 5.73 Å². The van der Waals surface area contributed by atoms with E-state index in [1.165, 1.54) is 0 Å². The number of hydrogen-bond acceptors (Lipinski definition) is 4. The summed E-state index contributed by atoms with van der Waals surface area (Å²) in [5.74, 6) is 1.66. The molecule has 4 heteroatoms. The second kappa shape index (κ2) is 6.59. The van der Waals surface area contributed by atoms with Crippen LogP contribution in [0.4, 0.5) is 0 Å². The van der Waals surface area contributed by atoms with Crippen molar-refractivity contribution in [3.63, 3.8) is 0 Å². The third-order valence-corrected chi connectivity index (χ3v) is 3.52. The minimum absolute atomic E-state index is 0.0668. The van der Waals surface area contributed by atoms with Crippen LogP contribution in [0.3, 0.4) is 0 Å². The predicted octanol–water partition coefficient (Wildman–Crippen LogP) is 3.31. The highest BCUT2D eigenvalue weighted by atomic mass is 16.5. The van der Waals surface area contributed by atoms with Gasteiger partial charge in [-0.2, -0.15) is 0 Å². The molecule has 4 nitrogen and oxygen atoms in total. The summed E-state index contributed by atoms with van der Waals surface area (Å²) in [5.41, 5.74) is 9.86. The lowest BCUT2D eigenvalue weighted by atomic mass is 10.1. The van der Waals surface area contributed by atoms with E-state index in [1.54, 1.807) is 7.11 Å². The van der Waals surface area contributed by atoms with E-state index in [4.69, 9.17) is 15.2 Å². The first-order valence-corrected chi connectivity index (χ1v) is 7.01. The topological polar surface area (TPSA) is 57.4 Å². The normalized spacial score (nSPS) is 12.0. The van der Waals surface area contributed by atoms with Crippen molar-refractivity contribution < 1.29 is 9.47 Å². The molecule has 0 spiro atoms. The van der Waals surface area contributed by atoms with Gasteiger partial charge < -0.3 is 15.2 Å². The number of nitrogens with zero attached hydrogens (tertiary/aromatic N) is 1. The molecule has 0 radical (unpaired) electrons. The molecule has 1 aromatic carbocycles. The van der Waals surface area contributed by atoms with Gasteiger partial charge in [0.15, 0.2) is 0 Å². The fourth-order valence-electron chi connectivity index (χ4n) is 2.35. The molecule has 21 heavy (non-hydrogen) atoms. The molecule has 0 fully saturated rings. The van der Waals surface area contributed by atoms with Crippen molar-refractivity contribution in [3.8, 4) is 11.5 Å². The van der Waals surface area contributed by atoms with Gasteiger partial charge in [0.2, 0.25) is 0 Å². The van der Waals surface area contributed by atoms with E-state index in [0.717, 1.165) is 33.9 Å². The van der Waals surface area contributed by atoms with Crippen LogP contribution in [0.25, 0.3) is 0 Å². The van der Waals surface area contributed by atoms with E-state index >= 15 is 0 Å². The van der Waals surface area contributed by atoms with Gasteiger partial charge in [0.05, 0.1) is 12.8 Å². The Balaban J connectivity index is 2.21. The van der Waals surface area contributed by atoms with Crippen molar-refractivity contribution in [1.82, 2.24) is 4.98 Å². The van der Waals surface area contributed by atoms with Gasteiger partial charge in [-0.3, -0.25) is 4.98 Å². The zero-order valence-corrected chi connectivity index (χ0v) is 13.0. The summed E-state index contributed by atoms with van der Waals surface area (Å²) < 4.78 is 11.3. The Labute approximate surface area is 125 Å². The maximum atomic E-state index is 5.96. The lowest BCUT2D eigenvalue weighted by molar-refractivity contribution is 0.294. The third-order valence-electron chi connectivity index (χ3n) is 3.52. The highest BCUT2D eigenvalue weighted by Crippen LogP contribution is 2.27. The Kier molecular flexibility index (Phi) is 4.81. The van der Waals surface area contributed by atoms with Crippen LogP contribution in [0, 0.1) is 13.8 Å². The highest BCUT2D eigenvalue weighted by Gasteiger charge is 2.12. The minimum Gasteiger partial charge on any atom is -0.496 e. The molecule has 112 valence electrons. The first-order chi connectivity index (χ1) is 10.0. The average Bonchev–Trinajstić information content (AvgIpc) is 2.47. The van der Waals surface area contributed by atoms with Gasteiger partial charge in [0.1, 0.15) is 18.1 Å². The molecule has 1 heterocycles. The quantitative estimate of drug-likeness (QED) is 0.916. The molecule has 1 aromatic heterocycles. The zero-order chi connectivity index (χ0) is 15.4. The van der Waals surface area contributed by atoms with Crippen LogP contribution in [0.2, 0.25) is 0 Å². The van der Waals surface area contributed by atoms with Gasteiger partial charge in [-0.25, -0.2) is 0 Å². The Morgan fingerprint density at radius 1 is 1.24 bits per heavy atom. The molecule has 1 unspecified atom stereocenters. The van der Waals surface area contributed by atoms with Crippen molar-refractivity contribution >= 4 is 0 Å². The fraction of sp³-hybridized carbons (Fsp3) is 0.353. The molecule has 0 bridgehead atoms. The van der Waals surface area contributed by atoms with Crippen LogP contribution in [-0.2, 0) is 6.61 Å². The van der Waals surface area contributed by atoms with Gasteiger partial charge in [0.25, 0.3) is 0 Å². The number of para-hydroxylation sites is 1. The van der Waals surface area contributed by atoms with E-state index in [-0.39, 0.29) is 6.04 Å². The van der Waals surface area contributed by atoms with Crippen molar-refractivity contribution in [3.05, 3.63) is 52.8 Å². The molecular formula is C17H22N2O2. The summed E-state index contributed by atoms with van der Waals surface area (Å²) in [6.07, 6.45) is 1.81. The molecule has 0 saturated carbocycles. The van der Waals surface area contributed by atoms with Crippen LogP contribution in [0.5, 0.6) is 11.5 Å². The summed E-state index contributed by atoms with van der Waals surface area (Å²) in [4.78, 5) is 4.44. The van der Waals surface area contributed by atoms with E-state index in [2.05, 4.69) is 4.98 Å². The number of hydrogen-bond donors (Lipinski definition) is 1. The van der Waals surface area contributed by atoms with Crippen molar-refractivity contribution in [2.75, 3.05) is 7.11 Å². The summed E-state index contributed by atoms with van der Waals surface area (Å²) in [6, 6.07) is 7.75. The molecule has 2 rings (SSSR count). The molecule has 2 N–H and O–H groups in total. The standard InChI is InChI=1S/C17H22N2O2/c1-11-9-19-15(12(2)17(11)20-4)10-21-16-8-6-5-7-14(16)13(3)18/h5-9,13H,10,18H2,1-4H3. The van der Waals surface area contributed by atoms with E-state index < -0.39 is 0 Å². The number of rotatable bonds is 5. The largest absolute Gasteiger partial charge is 0.496 e. The first-order valence-electron chi connectivity index (χ1n) is 7.01. The summed E-state index contributed by atoms with van der Waals surface area (Å²) in [6.45, 7) is 6.32. The smallest absolute Gasteiger partial charge is 0.131 e. The Morgan fingerprint density at radius 3 is 2.62 bits per heavy atom. The van der Waals surface area contributed by atoms with Crippen LogP contribution < -0.4 is 15.2 Å². The number of nitrogens with two attached hydrogens (primary N) is 1. The fourth-order valence-corrected chi connectivity index (χ4v) is 2.35. The van der Waals surface area contributed by atoms with Gasteiger partial charge in [-0.1, -0.05) is 18.2 Å². The van der Waals surface area contributed by atoms with Crippen LogP contribution in [-0.4, -0.2) is 12.1 Å². The van der Waals surface area contributed by atoms with Crippen LogP contribution in [0.15, 0.2) is 30.5 Å². The van der Waals surface area contributed by atoms with Gasteiger partial charge >= 0.3 is 0 Å². The predicted molar refractivity (Wildman–Crippen MR) is 83.6 cm³/mol. The number of ether oxygens (including phenoxy) is 2. The van der Waals surface area contributed by atoms with Gasteiger partial charge in [-0.05, 0) is 26.8 Å². The Hall–Kier alpha value is -2.07. The number of aromatic nitrogens is 1. The average molecular weight is 286 g/mol. The number of benzene rings is 1. The summed E-state index contributed by atoms with van der Waals surface area (Å²) in [5, 5.41) is 0. The summed E-state index contributed by atoms with van der Waals surface area (Å²) in [7, 11) is 1.67. The molecular weight excluding hydrogens is 264 g/mol. The SMILES string of the molecule is COc1c(C)cnc(COc2ccccc2C(C)N)c1C. The molecule has 1 atom stereocenters. The second-order valence-corrected chi connectivity index (χ2v) is 5.16. The minimum atomic E-state index is -0.0668. The summed E-state index contributed by atoms with van der Waals surface area (Å²) >= 11 is 0. The number of pyridine rings is 1. The van der Waals surface area contributed by atoms with Gasteiger partial charge in [0, 0.05) is 28.9 Å². The first kappa shape index (κ1) is 15.3. The monoisotopic (exact) mass is 286 g/mol. The maximum Gasteiger partial charge on any atom is 0.131 e. The van der Waals surface area contributed by atoms with Crippen LogP contribution >= 0.6 is 0 Å². The van der Waals surface area contributed by atoms with E-state index in [9.17, 15) is 0 Å².